The average molecular weight is 383 g/mol. The van der Waals surface area contributed by atoms with Crippen molar-refractivity contribution in [1.29, 1.82) is 0 Å². The number of hydrogen-bond donors (Lipinski definition) is 0. The number of halogens is 1. The number of morpholine rings is 1. The Morgan fingerprint density at radius 1 is 1.04 bits per heavy atom. The van der Waals surface area contributed by atoms with Crippen LogP contribution in [-0.4, -0.2) is 45.8 Å². The summed E-state index contributed by atoms with van der Waals surface area (Å²) in [5.74, 6) is 1.79. The van der Waals surface area contributed by atoms with Crippen molar-refractivity contribution in [2.45, 2.75) is 25.8 Å². The normalized spacial score (nSPS) is 18.3. The quantitative estimate of drug-likeness (QED) is 0.672. The average Bonchev–Trinajstić information content (AvgIpc) is 3.42. The minimum Gasteiger partial charge on any atom is -0.379 e. The van der Waals surface area contributed by atoms with Gasteiger partial charge in [0.05, 0.1) is 18.2 Å². The zero-order valence-electron chi connectivity index (χ0n) is 15.3. The van der Waals surface area contributed by atoms with Gasteiger partial charge in [0.2, 0.25) is 0 Å². The van der Waals surface area contributed by atoms with Crippen LogP contribution in [0.15, 0.2) is 36.5 Å². The third-order valence-electron chi connectivity index (χ3n) is 5.53. The van der Waals surface area contributed by atoms with Crippen molar-refractivity contribution in [3.8, 4) is 11.1 Å². The summed E-state index contributed by atoms with van der Waals surface area (Å²) in [5, 5.41) is 9.38. The zero-order valence-corrected chi connectivity index (χ0v) is 16.0. The molecule has 0 bridgehead atoms. The van der Waals surface area contributed by atoms with Crippen LogP contribution in [0, 0.1) is 5.92 Å². The molecule has 140 valence electrons. The molecule has 0 amide bonds. The lowest BCUT2D eigenvalue weighted by Crippen LogP contribution is -2.35. The molecule has 5 nitrogen and oxygen atoms in total. The topological polar surface area (TPSA) is 42.7 Å². The third kappa shape index (κ3) is 3.59. The van der Waals surface area contributed by atoms with Gasteiger partial charge >= 0.3 is 0 Å². The van der Waals surface area contributed by atoms with Gasteiger partial charge in [-0.05, 0) is 36.0 Å². The lowest BCUT2D eigenvalue weighted by atomic mass is 10.0. The zero-order chi connectivity index (χ0) is 18.2. The van der Waals surface area contributed by atoms with Gasteiger partial charge < -0.3 is 4.74 Å². The van der Waals surface area contributed by atoms with E-state index in [0.717, 1.165) is 67.8 Å². The van der Waals surface area contributed by atoms with Crippen LogP contribution in [0.1, 0.15) is 24.2 Å². The van der Waals surface area contributed by atoms with E-state index in [4.69, 9.17) is 16.3 Å². The minimum absolute atomic E-state index is 0.674. The van der Waals surface area contributed by atoms with Crippen LogP contribution in [0.2, 0.25) is 5.02 Å². The number of rotatable bonds is 5. The van der Waals surface area contributed by atoms with E-state index in [1.807, 2.05) is 4.40 Å². The van der Waals surface area contributed by atoms with Crippen molar-refractivity contribution in [3.63, 3.8) is 0 Å². The SMILES string of the molecule is Clc1c(-c2ccc(CN3CCOCC3)cc2)ccn2c(CC3CC3)nnc12. The Bertz CT molecular complexity index is 943. The Morgan fingerprint density at radius 2 is 1.81 bits per heavy atom. The molecule has 27 heavy (non-hydrogen) atoms. The Hall–Kier alpha value is -1.95. The largest absolute Gasteiger partial charge is 0.379 e. The maximum Gasteiger partial charge on any atom is 0.180 e. The Labute approximate surface area is 163 Å². The molecule has 6 heteroatoms. The predicted molar refractivity (Wildman–Crippen MR) is 106 cm³/mol. The number of pyridine rings is 1. The Kier molecular flexibility index (Phi) is 4.60. The molecule has 0 radical (unpaired) electrons. The highest BCUT2D eigenvalue weighted by Gasteiger charge is 2.24. The highest BCUT2D eigenvalue weighted by Crippen LogP contribution is 2.34. The van der Waals surface area contributed by atoms with Crippen molar-refractivity contribution in [3.05, 3.63) is 52.9 Å². The molecular formula is C21H23ClN4O. The number of hydrogen-bond acceptors (Lipinski definition) is 4. The summed E-state index contributed by atoms with van der Waals surface area (Å²) in [6.07, 6.45) is 5.65. The van der Waals surface area contributed by atoms with Crippen molar-refractivity contribution in [2.24, 2.45) is 5.92 Å². The van der Waals surface area contributed by atoms with Crippen LogP contribution in [0.25, 0.3) is 16.8 Å². The number of nitrogens with zero attached hydrogens (tertiary/aromatic N) is 4. The van der Waals surface area contributed by atoms with E-state index in [0.29, 0.717) is 5.02 Å². The van der Waals surface area contributed by atoms with Crippen LogP contribution in [-0.2, 0) is 17.7 Å². The predicted octanol–water partition coefficient (Wildman–Crippen LogP) is 3.83. The first-order valence-corrected chi connectivity index (χ1v) is 10.1. The summed E-state index contributed by atoms with van der Waals surface area (Å²) in [7, 11) is 0. The van der Waals surface area contributed by atoms with E-state index in [9.17, 15) is 0 Å². The van der Waals surface area contributed by atoms with Gasteiger partial charge in [-0.25, -0.2) is 0 Å². The molecule has 5 rings (SSSR count). The molecule has 1 aliphatic carbocycles. The van der Waals surface area contributed by atoms with Crippen molar-refractivity contribution in [1.82, 2.24) is 19.5 Å². The summed E-state index contributed by atoms with van der Waals surface area (Å²) < 4.78 is 7.46. The number of ether oxygens (including phenoxy) is 1. The maximum atomic E-state index is 6.69. The van der Waals surface area contributed by atoms with Crippen molar-refractivity contribution < 1.29 is 4.74 Å². The standard InChI is InChI=1S/C21H23ClN4O/c22-20-18(7-8-26-19(13-15-1-2-15)23-24-21(20)26)17-5-3-16(4-6-17)14-25-9-11-27-12-10-25/h3-8,15H,1-2,9-14H2. The Balaban J connectivity index is 1.38. The van der Waals surface area contributed by atoms with E-state index >= 15 is 0 Å². The Morgan fingerprint density at radius 3 is 2.56 bits per heavy atom. The highest BCUT2D eigenvalue weighted by molar-refractivity contribution is 6.36. The van der Waals surface area contributed by atoms with Gasteiger partial charge in [-0.15, -0.1) is 10.2 Å². The summed E-state index contributed by atoms with van der Waals surface area (Å²) >= 11 is 6.69. The molecule has 2 fully saturated rings. The van der Waals surface area contributed by atoms with Crippen LogP contribution < -0.4 is 0 Å². The summed E-state index contributed by atoms with van der Waals surface area (Å²) in [6, 6.07) is 10.7. The van der Waals surface area contributed by atoms with E-state index < -0.39 is 0 Å². The van der Waals surface area contributed by atoms with Gasteiger partial charge in [0, 0.05) is 37.8 Å². The van der Waals surface area contributed by atoms with E-state index in [2.05, 4.69) is 51.6 Å². The third-order valence-corrected chi connectivity index (χ3v) is 5.91. The van der Waals surface area contributed by atoms with E-state index in [1.165, 1.54) is 18.4 Å². The fraction of sp³-hybridized carbons (Fsp3) is 0.429. The highest BCUT2D eigenvalue weighted by atomic mass is 35.5. The van der Waals surface area contributed by atoms with E-state index in [-0.39, 0.29) is 0 Å². The molecule has 0 N–H and O–H groups in total. The van der Waals surface area contributed by atoms with Gasteiger partial charge in [-0.3, -0.25) is 9.30 Å². The first-order chi connectivity index (χ1) is 13.3. The van der Waals surface area contributed by atoms with Crippen molar-refractivity contribution >= 4 is 17.2 Å². The molecule has 1 saturated carbocycles. The molecular weight excluding hydrogens is 360 g/mol. The summed E-state index contributed by atoms with van der Waals surface area (Å²) in [4.78, 5) is 2.43. The van der Waals surface area contributed by atoms with Crippen LogP contribution in [0.5, 0.6) is 0 Å². The lowest BCUT2D eigenvalue weighted by molar-refractivity contribution is 0.0342. The molecule has 0 atom stereocenters. The lowest BCUT2D eigenvalue weighted by Gasteiger charge is -2.26. The van der Waals surface area contributed by atoms with Crippen LogP contribution in [0.3, 0.4) is 0 Å². The molecule has 3 heterocycles. The first kappa shape index (κ1) is 17.2. The van der Waals surface area contributed by atoms with Crippen molar-refractivity contribution in [2.75, 3.05) is 26.3 Å². The van der Waals surface area contributed by atoms with Gasteiger partial charge in [0.1, 0.15) is 5.82 Å². The molecule has 1 saturated heterocycles. The smallest absolute Gasteiger partial charge is 0.180 e. The second-order valence-electron chi connectivity index (χ2n) is 7.59. The second-order valence-corrected chi connectivity index (χ2v) is 7.96. The van der Waals surface area contributed by atoms with Gasteiger partial charge in [-0.1, -0.05) is 35.9 Å². The van der Waals surface area contributed by atoms with Gasteiger partial charge in [0.25, 0.3) is 0 Å². The van der Waals surface area contributed by atoms with Crippen LogP contribution >= 0.6 is 11.6 Å². The summed E-state index contributed by atoms with van der Waals surface area (Å²) in [6.45, 7) is 4.62. The molecule has 0 spiro atoms. The van der Waals surface area contributed by atoms with Gasteiger partial charge in [-0.2, -0.15) is 0 Å². The number of aromatic nitrogens is 3. The first-order valence-electron chi connectivity index (χ1n) is 9.69. The molecule has 2 aromatic heterocycles. The van der Waals surface area contributed by atoms with Crippen LogP contribution in [0.4, 0.5) is 0 Å². The molecule has 2 aliphatic rings. The number of fused-ring (bicyclic) bond motifs is 1. The second kappa shape index (κ2) is 7.23. The van der Waals surface area contributed by atoms with Gasteiger partial charge in [0.15, 0.2) is 5.65 Å². The van der Waals surface area contributed by atoms with E-state index in [1.54, 1.807) is 0 Å². The number of benzene rings is 1. The monoisotopic (exact) mass is 382 g/mol. The maximum absolute atomic E-state index is 6.69. The molecule has 1 aromatic carbocycles. The minimum atomic E-state index is 0.674. The fourth-order valence-electron chi connectivity index (χ4n) is 3.72. The fourth-order valence-corrected chi connectivity index (χ4v) is 4.02. The summed E-state index contributed by atoms with van der Waals surface area (Å²) in [5.41, 5.74) is 4.18. The molecule has 1 aliphatic heterocycles. The molecule has 0 unspecified atom stereocenters. The molecule has 3 aromatic rings.